The second kappa shape index (κ2) is 10.9. The van der Waals surface area contributed by atoms with E-state index in [1.165, 1.54) is 12.7 Å². The predicted molar refractivity (Wildman–Crippen MR) is 133 cm³/mol. The van der Waals surface area contributed by atoms with Gasteiger partial charge in [0.15, 0.2) is 11.5 Å². The van der Waals surface area contributed by atoms with Gasteiger partial charge in [-0.25, -0.2) is 24.5 Å². The van der Waals surface area contributed by atoms with Crippen molar-refractivity contribution < 1.29 is 26.9 Å². The van der Waals surface area contributed by atoms with E-state index in [2.05, 4.69) is 30.9 Å². The number of carbonyl (C=O) groups is 2. The summed E-state index contributed by atoms with van der Waals surface area (Å²) in [6, 6.07) is 0.124. The Morgan fingerprint density at radius 2 is 2.14 bits per heavy atom. The summed E-state index contributed by atoms with van der Waals surface area (Å²) in [6.45, 7) is 0.525. The van der Waals surface area contributed by atoms with Crippen LogP contribution in [0.2, 0.25) is 0 Å². The molecule has 202 valence electrons. The molecule has 3 aliphatic heterocycles. The summed E-state index contributed by atoms with van der Waals surface area (Å²) in [7, 11) is -4.29. The lowest BCUT2D eigenvalue weighted by molar-refractivity contribution is -0.119. The molecule has 0 aromatic carbocycles. The van der Waals surface area contributed by atoms with Crippen LogP contribution < -0.4 is 26.4 Å². The summed E-state index contributed by atoms with van der Waals surface area (Å²) >= 11 is 1.80. The van der Waals surface area contributed by atoms with E-state index in [4.69, 9.17) is 14.7 Å². The number of nitrogens with one attached hydrogen (secondary N) is 4. The first kappa shape index (κ1) is 25.9. The molecule has 3 aliphatic rings. The fourth-order valence-corrected chi connectivity index (χ4v) is 7.00. The van der Waals surface area contributed by atoms with Crippen LogP contribution in [0.1, 0.15) is 31.9 Å². The number of ether oxygens (including phenoxy) is 1. The van der Waals surface area contributed by atoms with Crippen LogP contribution in [0.25, 0.3) is 11.2 Å². The van der Waals surface area contributed by atoms with Crippen LogP contribution in [0.15, 0.2) is 12.7 Å². The van der Waals surface area contributed by atoms with Crippen molar-refractivity contribution in [3.8, 4) is 0 Å². The molecule has 0 aliphatic carbocycles. The monoisotopic (exact) mass is 555 g/mol. The minimum absolute atomic E-state index is 0.0565. The number of nitrogens with two attached hydrogens (primary N) is 1. The van der Waals surface area contributed by atoms with Gasteiger partial charge in [0.05, 0.1) is 31.1 Å². The van der Waals surface area contributed by atoms with Crippen LogP contribution in [-0.4, -0.2) is 88.8 Å². The van der Waals surface area contributed by atoms with Gasteiger partial charge in [-0.2, -0.15) is 20.2 Å². The first-order valence-corrected chi connectivity index (χ1v) is 14.4. The summed E-state index contributed by atoms with van der Waals surface area (Å²) < 4.78 is 39.2. The van der Waals surface area contributed by atoms with E-state index in [0.717, 1.165) is 18.6 Å². The molecule has 6 N–H and O–H groups in total. The van der Waals surface area contributed by atoms with E-state index in [1.54, 1.807) is 16.3 Å². The largest absolute Gasteiger partial charge is 0.382 e. The number of thioether (sulfide) groups is 1. The molecule has 0 radical (unpaired) electrons. The van der Waals surface area contributed by atoms with Gasteiger partial charge in [-0.15, -0.1) is 0 Å². The first-order chi connectivity index (χ1) is 17.8. The second-order valence-corrected chi connectivity index (χ2v) is 11.7. The molecule has 3 amide bonds. The Labute approximate surface area is 217 Å². The highest BCUT2D eigenvalue weighted by molar-refractivity contribution is 8.00. The molecule has 2 aromatic heterocycles. The van der Waals surface area contributed by atoms with Gasteiger partial charge < -0.3 is 26.4 Å². The Hall–Kier alpha value is -2.73. The molecular formula is C20H29N9O6S2. The topological polar surface area (TPSA) is 204 Å². The van der Waals surface area contributed by atoms with Crippen LogP contribution in [0, 0.1) is 0 Å². The third kappa shape index (κ3) is 6.06. The Kier molecular flexibility index (Phi) is 7.66. The lowest BCUT2D eigenvalue weighted by atomic mass is 10.0. The third-order valence-corrected chi connectivity index (χ3v) is 8.90. The molecule has 5 atom stereocenters. The molecule has 3 fully saturated rings. The average molecular weight is 556 g/mol. The number of imidazole rings is 1. The minimum Gasteiger partial charge on any atom is -0.382 e. The maximum atomic E-state index is 12.3. The summed E-state index contributed by atoms with van der Waals surface area (Å²) in [5.41, 5.74) is 6.77. The number of unbranched alkanes of at least 4 members (excludes halogenated alkanes) is 1. The molecule has 2 aromatic rings. The Bertz CT molecular complexity index is 1260. The fourth-order valence-electron chi connectivity index (χ4n) is 4.69. The molecule has 37 heavy (non-hydrogen) atoms. The highest BCUT2D eigenvalue weighted by Gasteiger charge is 2.42. The molecule has 5 heterocycles. The summed E-state index contributed by atoms with van der Waals surface area (Å²) in [5, 5.41) is 9.28. The number of morpholine rings is 1. The van der Waals surface area contributed by atoms with Gasteiger partial charge in [-0.3, -0.25) is 13.5 Å². The van der Waals surface area contributed by atoms with Crippen molar-refractivity contribution in [3.63, 3.8) is 0 Å². The zero-order valence-electron chi connectivity index (χ0n) is 19.8. The van der Waals surface area contributed by atoms with Crippen molar-refractivity contribution in [2.75, 3.05) is 31.2 Å². The number of urea groups is 1. The summed E-state index contributed by atoms with van der Waals surface area (Å²) in [4.78, 5) is 36.0. The van der Waals surface area contributed by atoms with Gasteiger partial charge in [0.2, 0.25) is 5.91 Å². The number of fused-ring (bicyclic) bond motifs is 2. The molecule has 15 nitrogen and oxygen atoms in total. The summed E-state index contributed by atoms with van der Waals surface area (Å²) in [6.07, 6.45) is 3.92. The maximum absolute atomic E-state index is 12.3. The highest BCUT2D eigenvalue weighted by atomic mass is 32.2. The molecule has 17 heteroatoms. The zero-order valence-corrected chi connectivity index (χ0v) is 21.5. The molecule has 5 rings (SSSR count). The lowest BCUT2D eigenvalue weighted by Crippen LogP contribution is -2.45. The van der Waals surface area contributed by atoms with Gasteiger partial charge in [0.25, 0.3) is 0 Å². The Morgan fingerprint density at radius 3 is 3.00 bits per heavy atom. The van der Waals surface area contributed by atoms with Crippen LogP contribution in [0.3, 0.4) is 0 Å². The number of aromatic nitrogens is 4. The van der Waals surface area contributed by atoms with E-state index in [-0.39, 0.29) is 42.2 Å². The number of rotatable bonds is 10. The molecule has 3 saturated heterocycles. The van der Waals surface area contributed by atoms with Crippen LogP contribution >= 0.6 is 11.8 Å². The molecule has 0 saturated carbocycles. The van der Waals surface area contributed by atoms with Gasteiger partial charge in [-0.05, 0) is 12.8 Å². The van der Waals surface area contributed by atoms with Crippen LogP contribution in [0.4, 0.5) is 10.6 Å². The number of hydrogen-bond acceptors (Lipinski definition) is 12. The van der Waals surface area contributed by atoms with Crippen molar-refractivity contribution in [2.45, 2.75) is 55.3 Å². The zero-order chi connectivity index (χ0) is 26.0. The smallest absolute Gasteiger partial charge is 0.362 e. The molecule has 0 bridgehead atoms. The minimum atomic E-state index is -4.29. The first-order valence-electron chi connectivity index (χ1n) is 12.0. The van der Waals surface area contributed by atoms with Crippen molar-refractivity contribution in [3.05, 3.63) is 12.7 Å². The predicted octanol–water partition coefficient (Wildman–Crippen LogP) is -1.00. The number of carbonyl (C=O) groups excluding carboxylic acids is 2. The SMILES string of the molecule is Nc1ncnc2c1ncn2[C@H]1CNC[C@@H](COS(=O)(=O)NC(=O)CCCC[C@@H]2SC[C@@H]3NC(=O)N[C@@H]32)O1. The van der Waals surface area contributed by atoms with Gasteiger partial charge in [0, 0.05) is 30.5 Å². The van der Waals surface area contributed by atoms with E-state index >= 15 is 0 Å². The van der Waals surface area contributed by atoms with E-state index in [1.807, 2.05) is 4.72 Å². The van der Waals surface area contributed by atoms with Gasteiger partial charge >= 0.3 is 16.3 Å². The maximum Gasteiger partial charge on any atom is 0.362 e. The Morgan fingerprint density at radius 1 is 1.27 bits per heavy atom. The standard InChI is InChI=1S/C20H29N9O6S2/c21-18-17-19(24-9-23-18)29(10-25-17)15-6-22-5-11(35-15)7-34-37(32,33)28-14(30)4-2-1-3-13-16-12(8-36-13)26-20(31)27-16/h9-13,15-16,22H,1-8H2,(H,28,30)(H2,21,23,24)(H2,26,27,31)/t11-,12-,13-,15+,16-/m0/s1. The van der Waals surface area contributed by atoms with Crippen molar-refractivity contribution in [1.29, 1.82) is 0 Å². The normalized spacial score (nSPS) is 27.6. The number of nitrogens with zero attached hydrogens (tertiary/aromatic N) is 4. The number of nitrogen functional groups attached to an aromatic ring is 1. The number of anilines is 1. The number of hydrogen-bond donors (Lipinski definition) is 5. The van der Waals surface area contributed by atoms with Crippen molar-refractivity contribution in [2.24, 2.45) is 0 Å². The van der Waals surface area contributed by atoms with E-state index in [0.29, 0.717) is 30.7 Å². The third-order valence-electron chi connectivity index (χ3n) is 6.47. The Balaban J connectivity index is 1.04. The molecule has 0 spiro atoms. The number of amides is 3. The summed E-state index contributed by atoms with van der Waals surface area (Å²) in [5.74, 6) is 0.489. The van der Waals surface area contributed by atoms with Gasteiger partial charge in [-0.1, -0.05) is 6.42 Å². The molecular weight excluding hydrogens is 526 g/mol. The van der Waals surface area contributed by atoms with E-state index < -0.39 is 28.5 Å². The second-order valence-electron chi connectivity index (χ2n) is 9.09. The lowest BCUT2D eigenvalue weighted by Gasteiger charge is -2.31. The average Bonchev–Trinajstić information content (AvgIpc) is 3.56. The molecule has 0 unspecified atom stereocenters. The van der Waals surface area contributed by atoms with Crippen LogP contribution in [-0.2, 0) is 24.0 Å². The van der Waals surface area contributed by atoms with Gasteiger partial charge in [0.1, 0.15) is 18.1 Å². The van der Waals surface area contributed by atoms with Crippen molar-refractivity contribution in [1.82, 2.24) is 40.2 Å². The quantitative estimate of drug-likeness (QED) is 0.177. The fraction of sp³-hybridized carbons (Fsp3) is 0.650. The van der Waals surface area contributed by atoms with E-state index in [9.17, 15) is 18.0 Å². The van der Waals surface area contributed by atoms with Crippen LogP contribution in [0.5, 0.6) is 0 Å². The highest BCUT2D eigenvalue weighted by Crippen LogP contribution is 2.33. The van der Waals surface area contributed by atoms with Crippen molar-refractivity contribution >= 4 is 51.0 Å².